The predicted octanol–water partition coefficient (Wildman–Crippen LogP) is 4.57. The highest BCUT2D eigenvalue weighted by Crippen LogP contribution is 2.29. The number of nitrogens with zero attached hydrogens (tertiary/aromatic N) is 1. The maximum atomic E-state index is 11.7. The summed E-state index contributed by atoms with van der Waals surface area (Å²) in [6, 6.07) is 13.0. The van der Waals surface area contributed by atoms with Gasteiger partial charge in [-0.2, -0.15) is 5.26 Å². The number of halogens is 1. The lowest BCUT2D eigenvalue weighted by Crippen LogP contribution is -2.07. The topological polar surface area (TPSA) is 63.2 Å². The van der Waals surface area contributed by atoms with Crippen molar-refractivity contribution >= 4 is 28.0 Å². The van der Waals surface area contributed by atoms with Gasteiger partial charge < -0.3 is 9.15 Å². The van der Waals surface area contributed by atoms with Crippen molar-refractivity contribution in [1.29, 1.82) is 5.26 Å². The Labute approximate surface area is 137 Å². The molecule has 0 amide bonds. The van der Waals surface area contributed by atoms with Gasteiger partial charge in [0.15, 0.2) is 0 Å². The fraction of sp³-hybridized carbons (Fsp3) is 0.176. The van der Waals surface area contributed by atoms with Gasteiger partial charge in [-0.3, -0.25) is 0 Å². The van der Waals surface area contributed by atoms with Gasteiger partial charge >= 0.3 is 5.97 Å². The lowest BCUT2D eigenvalue weighted by molar-refractivity contribution is -0.138. The van der Waals surface area contributed by atoms with Crippen LogP contribution in [0.15, 0.2) is 50.9 Å². The molecule has 0 atom stereocenters. The summed E-state index contributed by atoms with van der Waals surface area (Å²) in [5, 5.41) is 9.06. The molecule has 0 fully saturated rings. The first-order valence-electron chi connectivity index (χ1n) is 6.79. The summed E-state index contributed by atoms with van der Waals surface area (Å²) in [5.41, 5.74) is 0.815. The van der Waals surface area contributed by atoms with Crippen LogP contribution >= 0.6 is 15.9 Å². The minimum Gasteiger partial charge on any atom is -0.462 e. The van der Waals surface area contributed by atoms with Crippen LogP contribution in [0.1, 0.15) is 19.1 Å². The molecule has 0 aliphatic carbocycles. The lowest BCUT2D eigenvalue weighted by Gasteiger charge is -2.01. The molecule has 112 valence electrons. The van der Waals surface area contributed by atoms with E-state index >= 15 is 0 Å². The summed E-state index contributed by atoms with van der Waals surface area (Å²) in [6.45, 7) is 2.18. The molecule has 1 aromatic carbocycles. The normalized spacial score (nSPS) is 11.0. The van der Waals surface area contributed by atoms with Crippen LogP contribution < -0.4 is 0 Å². The van der Waals surface area contributed by atoms with Gasteiger partial charge in [-0.15, -0.1) is 0 Å². The zero-order valence-electron chi connectivity index (χ0n) is 12.0. The number of ether oxygens (including phenoxy) is 1. The molecular formula is C17H14BrNO3. The van der Waals surface area contributed by atoms with Crippen LogP contribution in [-0.2, 0) is 9.53 Å². The average Bonchev–Trinajstić information content (AvgIpc) is 2.99. The molecule has 0 aliphatic rings. The minimum absolute atomic E-state index is 0.0820. The van der Waals surface area contributed by atoms with Gasteiger partial charge in [0.1, 0.15) is 23.2 Å². The summed E-state index contributed by atoms with van der Waals surface area (Å²) in [4.78, 5) is 11.7. The zero-order chi connectivity index (χ0) is 15.9. The van der Waals surface area contributed by atoms with Crippen molar-refractivity contribution in [3.63, 3.8) is 0 Å². The Bertz CT molecular complexity index is 740. The third kappa shape index (κ3) is 3.86. The average molecular weight is 360 g/mol. The fourth-order valence-electron chi connectivity index (χ4n) is 1.79. The van der Waals surface area contributed by atoms with Crippen LogP contribution in [0.5, 0.6) is 0 Å². The second-order valence-electron chi connectivity index (χ2n) is 4.49. The number of nitriles is 1. The maximum Gasteiger partial charge on any atom is 0.349 e. The van der Waals surface area contributed by atoms with Crippen molar-refractivity contribution in [3.8, 4) is 17.4 Å². The summed E-state index contributed by atoms with van der Waals surface area (Å²) in [7, 11) is 0. The van der Waals surface area contributed by atoms with Crippen LogP contribution in [0.25, 0.3) is 17.4 Å². The van der Waals surface area contributed by atoms with Gasteiger partial charge in [0, 0.05) is 16.1 Å². The Morgan fingerprint density at radius 1 is 1.36 bits per heavy atom. The number of benzene rings is 1. The lowest BCUT2D eigenvalue weighted by atomic mass is 10.2. The Morgan fingerprint density at radius 3 is 2.82 bits per heavy atom. The molecule has 1 aromatic heterocycles. The highest BCUT2D eigenvalue weighted by molar-refractivity contribution is 9.10. The minimum atomic E-state index is -0.636. The van der Waals surface area contributed by atoms with Gasteiger partial charge in [0.25, 0.3) is 0 Å². The summed E-state index contributed by atoms with van der Waals surface area (Å²) < 4.78 is 11.5. The van der Waals surface area contributed by atoms with E-state index in [0.717, 1.165) is 10.0 Å². The second kappa shape index (κ2) is 7.62. The van der Waals surface area contributed by atoms with Crippen LogP contribution in [-0.4, -0.2) is 12.6 Å². The van der Waals surface area contributed by atoms with Gasteiger partial charge in [0.05, 0.1) is 6.61 Å². The van der Waals surface area contributed by atoms with E-state index in [1.54, 1.807) is 12.1 Å². The van der Waals surface area contributed by atoms with Crippen LogP contribution in [0, 0.1) is 11.3 Å². The number of rotatable bonds is 5. The van der Waals surface area contributed by atoms with E-state index in [4.69, 9.17) is 14.4 Å². The quantitative estimate of drug-likeness (QED) is 0.445. The summed E-state index contributed by atoms with van der Waals surface area (Å²) >= 11 is 3.46. The monoisotopic (exact) mass is 359 g/mol. The molecule has 4 nitrogen and oxygen atoms in total. The highest BCUT2D eigenvalue weighted by Gasteiger charge is 2.12. The number of carbonyl (C=O) groups is 1. The Kier molecular flexibility index (Phi) is 5.56. The number of furan rings is 1. The standard InChI is InChI=1S/C17H14BrNO3/c1-2-9-21-17(20)12(11-19)10-13-7-8-16(22-13)14-5-3-4-6-15(14)18/h3-8,10H,2,9H2,1H3/b12-10+. The van der Waals surface area contributed by atoms with E-state index in [-0.39, 0.29) is 12.2 Å². The number of carbonyl (C=O) groups excluding carboxylic acids is 1. The first-order valence-corrected chi connectivity index (χ1v) is 7.58. The molecule has 22 heavy (non-hydrogen) atoms. The van der Waals surface area contributed by atoms with E-state index in [1.165, 1.54) is 6.08 Å². The molecule has 1 heterocycles. The van der Waals surface area contributed by atoms with Crippen molar-refractivity contribution in [1.82, 2.24) is 0 Å². The molecular weight excluding hydrogens is 346 g/mol. The molecule has 0 saturated heterocycles. The van der Waals surface area contributed by atoms with Crippen molar-refractivity contribution in [2.45, 2.75) is 13.3 Å². The van der Waals surface area contributed by atoms with E-state index in [0.29, 0.717) is 17.9 Å². The first kappa shape index (κ1) is 16.1. The molecule has 0 spiro atoms. The summed E-state index contributed by atoms with van der Waals surface area (Å²) in [5.74, 6) is 0.442. The molecule has 0 radical (unpaired) electrons. The van der Waals surface area contributed by atoms with Gasteiger partial charge in [-0.1, -0.05) is 41.1 Å². The maximum absolute atomic E-state index is 11.7. The van der Waals surface area contributed by atoms with Crippen molar-refractivity contribution < 1.29 is 13.9 Å². The zero-order valence-corrected chi connectivity index (χ0v) is 13.6. The van der Waals surface area contributed by atoms with E-state index in [1.807, 2.05) is 37.3 Å². The number of esters is 1. The van der Waals surface area contributed by atoms with Crippen LogP contribution in [0.2, 0.25) is 0 Å². The summed E-state index contributed by atoms with van der Waals surface area (Å²) in [6.07, 6.45) is 2.09. The second-order valence-corrected chi connectivity index (χ2v) is 5.34. The molecule has 2 aromatic rings. The largest absolute Gasteiger partial charge is 0.462 e. The molecule has 5 heteroatoms. The Balaban J connectivity index is 2.24. The molecule has 0 N–H and O–H groups in total. The smallest absolute Gasteiger partial charge is 0.349 e. The highest BCUT2D eigenvalue weighted by atomic mass is 79.9. The molecule has 0 unspecified atom stereocenters. The van der Waals surface area contributed by atoms with Crippen LogP contribution in [0.4, 0.5) is 0 Å². The van der Waals surface area contributed by atoms with E-state index < -0.39 is 5.97 Å². The molecule has 2 rings (SSSR count). The van der Waals surface area contributed by atoms with E-state index in [2.05, 4.69) is 15.9 Å². The van der Waals surface area contributed by atoms with E-state index in [9.17, 15) is 4.79 Å². The van der Waals surface area contributed by atoms with Crippen LogP contribution in [0.3, 0.4) is 0 Å². The fourth-order valence-corrected chi connectivity index (χ4v) is 2.27. The third-order valence-corrected chi connectivity index (χ3v) is 3.52. The SMILES string of the molecule is CCCOC(=O)/C(C#N)=C/c1ccc(-c2ccccc2Br)o1. The molecule has 0 aliphatic heterocycles. The van der Waals surface area contributed by atoms with Crippen molar-refractivity contribution in [2.75, 3.05) is 6.61 Å². The third-order valence-electron chi connectivity index (χ3n) is 2.83. The number of hydrogen-bond donors (Lipinski definition) is 0. The van der Waals surface area contributed by atoms with Crippen molar-refractivity contribution in [2.24, 2.45) is 0 Å². The first-order chi connectivity index (χ1) is 10.7. The number of hydrogen-bond acceptors (Lipinski definition) is 4. The van der Waals surface area contributed by atoms with Gasteiger partial charge in [-0.05, 0) is 24.6 Å². The van der Waals surface area contributed by atoms with Gasteiger partial charge in [0.2, 0.25) is 0 Å². The Hall–Kier alpha value is -2.32. The predicted molar refractivity (Wildman–Crippen MR) is 86.7 cm³/mol. The molecule has 0 bridgehead atoms. The Morgan fingerprint density at radius 2 is 2.14 bits per heavy atom. The molecule has 0 saturated carbocycles. The van der Waals surface area contributed by atoms with Gasteiger partial charge in [-0.25, -0.2) is 4.79 Å². The van der Waals surface area contributed by atoms with Crippen molar-refractivity contribution in [3.05, 3.63) is 52.2 Å².